The van der Waals surface area contributed by atoms with Crippen molar-refractivity contribution in [1.29, 1.82) is 0 Å². The lowest BCUT2D eigenvalue weighted by Crippen LogP contribution is -2.46. The molecule has 7 heteroatoms. The summed E-state index contributed by atoms with van der Waals surface area (Å²) in [6.07, 6.45) is 1.95. The predicted octanol–water partition coefficient (Wildman–Crippen LogP) is 3.43. The number of hydrogen-bond acceptors (Lipinski definition) is 4. The minimum atomic E-state index is -0.757. The molecular weight excluding hydrogens is 361 g/mol. The number of likely N-dealkylation sites (N-methyl/N-ethyl adjacent to an activating group) is 1. The smallest absolute Gasteiger partial charge is 0.317 e. The van der Waals surface area contributed by atoms with E-state index in [1.165, 1.54) is 0 Å². The van der Waals surface area contributed by atoms with Gasteiger partial charge in [-0.1, -0.05) is 30.1 Å². The van der Waals surface area contributed by atoms with Crippen molar-refractivity contribution in [3.8, 4) is 0 Å². The Labute approximate surface area is 160 Å². The maximum absolute atomic E-state index is 11.0. The van der Waals surface area contributed by atoms with E-state index >= 15 is 0 Å². The molecule has 1 N–H and O–H groups in total. The van der Waals surface area contributed by atoms with Crippen LogP contribution in [0.1, 0.15) is 25.3 Å². The molecule has 1 aromatic rings. The third-order valence-electron chi connectivity index (χ3n) is 4.82. The Morgan fingerprint density at radius 3 is 2.44 bits per heavy atom. The van der Waals surface area contributed by atoms with Crippen molar-refractivity contribution in [2.24, 2.45) is 0 Å². The molecule has 25 heavy (non-hydrogen) atoms. The van der Waals surface area contributed by atoms with Gasteiger partial charge in [0.2, 0.25) is 0 Å². The quantitative estimate of drug-likeness (QED) is 0.776. The summed E-state index contributed by atoms with van der Waals surface area (Å²) < 4.78 is 0. The second-order valence-corrected chi connectivity index (χ2v) is 7.59. The largest absolute Gasteiger partial charge is 0.480 e. The van der Waals surface area contributed by atoms with Crippen LogP contribution < -0.4 is 4.90 Å². The topological polar surface area (TPSA) is 47.0 Å². The van der Waals surface area contributed by atoms with E-state index in [1.54, 1.807) is 6.07 Å². The molecule has 1 aliphatic heterocycles. The lowest BCUT2D eigenvalue weighted by atomic mass is 10.0. The van der Waals surface area contributed by atoms with Gasteiger partial charge in [0.15, 0.2) is 0 Å². The molecule has 0 bridgehead atoms. The molecule has 1 aliphatic rings. The van der Waals surface area contributed by atoms with Crippen molar-refractivity contribution >= 4 is 34.9 Å². The van der Waals surface area contributed by atoms with E-state index in [9.17, 15) is 4.79 Å². The normalized spacial score (nSPS) is 16.4. The molecule has 0 aliphatic carbocycles. The van der Waals surface area contributed by atoms with E-state index in [0.29, 0.717) is 16.1 Å². The van der Waals surface area contributed by atoms with Crippen LogP contribution in [0, 0.1) is 0 Å². The van der Waals surface area contributed by atoms with E-state index in [2.05, 4.69) is 9.80 Å². The van der Waals surface area contributed by atoms with Gasteiger partial charge >= 0.3 is 5.97 Å². The van der Waals surface area contributed by atoms with Gasteiger partial charge in [-0.25, -0.2) is 0 Å². The second kappa shape index (κ2) is 9.08. The third-order valence-corrected chi connectivity index (χ3v) is 5.37. The highest BCUT2D eigenvalue weighted by molar-refractivity contribution is 6.35. The maximum Gasteiger partial charge on any atom is 0.317 e. The fourth-order valence-electron chi connectivity index (χ4n) is 3.48. The van der Waals surface area contributed by atoms with Gasteiger partial charge in [0.25, 0.3) is 0 Å². The maximum atomic E-state index is 11.0. The summed E-state index contributed by atoms with van der Waals surface area (Å²) in [6, 6.07) is 4.08. The third kappa shape index (κ3) is 5.48. The van der Waals surface area contributed by atoms with E-state index in [1.807, 2.05) is 32.0 Å². The molecule has 0 aromatic heterocycles. The van der Waals surface area contributed by atoms with Crippen molar-refractivity contribution in [3.05, 3.63) is 27.7 Å². The molecule has 140 valence electrons. The molecule has 1 saturated heterocycles. The van der Waals surface area contributed by atoms with Gasteiger partial charge in [-0.15, -0.1) is 0 Å². The minimum Gasteiger partial charge on any atom is -0.480 e. The lowest BCUT2D eigenvalue weighted by molar-refractivity contribution is -0.139. The molecule has 5 nitrogen and oxygen atoms in total. The number of hydrogen-bond donors (Lipinski definition) is 1. The Kier molecular flexibility index (Phi) is 7.37. The molecule has 0 amide bonds. The number of benzene rings is 1. The van der Waals surface area contributed by atoms with E-state index in [-0.39, 0.29) is 6.54 Å². The Bertz CT molecular complexity index is 602. The van der Waals surface area contributed by atoms with Gasteiger partial charge in [0.05, 0.1) is 6.54 Å². The Balaban J connectivity index is 2.02. The van der Waals surface area contributed by atoms with Crippen LogP contribution >= 0.6 is 23.2 Å². The molecule has 0 atom stereocenters. The number of likely N-dealkylation sites (tertiary alicyclic amines) is 1. The number of rotatable bonds is 7. The summed E-state index contributed by atoms with van der Waals surface area (Å²) in [5.74, 6) is -0.757. The average Bonchev–Trinajstić information content (AvgIpc) is 2.55. The zero-order valence-electron chi connectivity index (χ0n) is 15.1. The number of carbonyl (C=O) groups is 1. The van der Waals surface area contributed by atoms with Crippen LogP contribution in [0.5, 0.6) is 0 Å². The first-order chi connectivity index (χ1) is 11.8. The summed E-state index contributed by atoms with van der Waals surface area (Å²) >= 11 is 12.6. The fraction of sp³-hybridized carbons (Fsp3) is 0.611. The first-order valence-corrected chi connectivity index (χ1v) is 9.40. The standard InChI is InChI=1S/C18H27Cl2N3O2/c1-4-23(12-18(24)25)14-5-7-22(8-6-14)11-15-16(20)9-13(19)10-17(15)21(2)3/h9-10,14H,4-8,11-12H2,1-3H3,(H,24,25). The van der Waals surface area contributed by atoms with Crippen molar-refractivity contribution in [2.45, 2.75) is 32.4 Å². The van der Waals surface area contributed by atoms with E-state index < -0.39 is 5.97 Å². The number of piperidine rings is 1. The Morgan fingerprint density at radius 2 is 1.92 bits per heavy atom. The van der Waals surface area contributed by atoms with E-state index in [4.69, 9.17) is 28.3 Å². The van der Waals surface area contributed by atoms with Crippen molar-refractivity contribution < 1.29 is 9.90 Å². The number of halogens is 2. The molecule has 0 saturated carbocycles. The zero-order chi connectivity index (χ0) is 18.6. The summed E-state index contributed by atoms with van der Waals surface area (Å²) in [6.45, 7) is 5.56. The number of aliphatic carboxylic acids is 1. The van der Waals surface area contributed by atoms with E-state index in [0.717, 1.165) is 50.3 Å². The van der Waals surface area contributed by atoms with Crippen LogP contribution in [0.25, 0.3) is 0 Å². The van der Waals surface area contributed by atoms with Crippen LogP contribution in [0.15, 0.2) is 12.1 Å². The van der Waals surface area contributed by atoms with Crippen molar-refractivity contribution in [1.82, 2.24) is 9.80 Å². The van der Waals surface area contributed by atoms with Gasteiger partial charge in [0.1, 0.15) is 0 Å². The van der Waals surface area contributed by atoms with Crippen LogP contribution in [0.2, 0.25) is 10.0 Å². The van der Waals surface area contributed by atoms with Crippen LogP contribution in [0.3, 0.4) is 0 Å². The Morgan fingerprint density at radius 1 is 1.28 bits per heavy atom. The number of nitrogens with zero attached hydrogens (tertiary/aromatic N) is 3. The number of anilines is 1. The summed E-state index contributed by atoms with van der Waals surface area (Å²) in [5, 5.41) is 10.4. The molecule has 0 unspecified atom stereocenters. The summed E-state index contributed by atoms with van der Waals surface area (Å²) in [7, 11) is 3.98. The fourth-order valence-corrected chi connectivity index (χ4v) is 4.03. The van der Waals surface area contributed by atoms with Crippen LogP contribution in [-0.4, -0.2) is 67.2 Å². The molecule has 0 spiro atoms. The monoisotopic (exact) mass is 387 g/mol. The van der Waals surface area contributed by atoms with Gasteiger partial charge in [-0.05, 0) is 44.6 Å². The van der Waals surface area contributed by atoms with Crippen molar-refractivity contribution in [2.75, 3.05) is 45.2 Å². The van der Waals surface area contributed by atoms with Crippen molar-refractivity contribution in [3.63, 3.8) is 0 Å². The second-order valence-electron chi connectivity index (χ2n) is 6.74. The average molecular weight is 388 g/mol. The lowest BCUT2D eigenvalue weighted by Gasteiger charge is -2.38. The summed E-state index contributed by atoms with van der Waals surface area (Å²) in [4.78, 5) is 17.5. The first kappa shape index (κ1) is 20.3. The molecule has 0 radical (unpaired) electrons. The molecule has 2 rings (SSSR count). The molecule has 1 fully saturated rings. The van der Waals surface area contributed by atoms with Gasteiger partial charge in [0, 0.05) is 48.0 Å². The van der Waals surface area contributed by atoms with Gasteiger partial charge in [-0.3, -0.25) is 14.6 Å². The predicted molar refractivity (Wildman–Crippen MR) is 104 cm³/mol. The molecule has 1 aromatic carbocycles. The van der Waals surface area contributed by atoms with Crippen LogP contribution in [0.4, 0.5) is 5.69 Å². The summed E-state index contributed by atoms with van der Waals surface area (Å²) in [5.41, 5.74) is 2.13. The highest BCUT2D eigenvalue weighted by Gasteiger charge is 2.26. The molecule has 1 heterocycles. The van der Waals surface area contributed by atoms with Gasteiger partial charge in [-0.2, -0.15) is 0 Å². The number of carboxylic acid groups (broad SMARTS) is 1. The minimum absolute atomic E-state index is 0.120. The van der Waals surface area contributed by atoms with Crippen LogP contribution in [-0.2, 0) is 11.3 Å². The highest BCUT2D eigenvalue weighted by Crippen LogP contribution is 2.32. The first-order valence-electron chi connectivity index (χ1n) is 8.65. The Hall–Kier alpha value is -1.01. The highest BCUT2D eigenvalue weighted by atomic mass is 35.5. The molecular formula is C18H27Cl2N3O2. The zero-order valence-corrected chi connectivity index (χ0v) is 16.6. The SMILES string of the molecule is CCN(CC(=O)O)C1CCN(Cc2c(Cl)cc(Cl)cc2N(C)C)CC1. The number of carboxylic acids is 1. The van der Waals surface area contributed by atoms with Gasteiger partial charge < -0.3 is 10.0 Å².